The van der Waals surface area contributed by atoms with Crippen molar-refractivity contribution in [3.63, 3.8) is 0 Å². The van der Waals surface area contributed by atoms with Gasteiger partial charge < -0.3 is 20.9 Å². The Labute approximate surface area is 199 Å². The maximum Gasteiger partial charge on any atom is 0.471 e. The van der Waals surface area contributed by atoms with Crippen molar-refractivity contribution in [2.45, 2.75) is 38.4 Å². The van der Waals surface area contributed by atoms with Gasteiger partial charge >= 0.3 is 18.1 Å². The van der Waals surface area contributed by atoms with Crippen LogP contribution in [0.2, 0.25) is 0 Å². The van der Waals surface area contributed by atoms with Crippen molar-refractivity contribution in [3.05, 3.63) is 59.4 Å². The second-order valence-corrected chi connectivity index (χ2v) is 8.11. The molecule has 9 nitrogen and oxygen atoms in total. The molecular formula is C23H25F3N6O3. The highest BCUT2D eigenvalue weighted by Crippen LogP contribution is 2.19. The first-order valence-corrected chi connectivity index (χ1v) is 10.9. The zero-order valence-electron chi connectivity index (χ0n) is 18.9. The van der Waals surface area contributed by atoms with Crippen LogP contribution in [0.3, 0.4) is 0 Å². The van der Waals surface area contributed by atoms with Crippen molar-refractivity contribution >= 4 is 29.4 Å². The zero-order chi connectivity index (χ0) is 25.6. The van der Waals surface area contributed by atoms with Crippen molar-refractivity contribution < 1.29 is 27.6 Å². The highest BCUT2D eigenvalue weighted by atomic mass is 19.4. The first kappa shape index (κ1) is 25.7. The third-order valence-electron chi connectivity index (χ3n) is 5.46. The summed E-state index contributed by atoms with van der Waals surface area (Å²) in [5.74, 6) is -3.27. The van der Waals surface area contributed by atoms with Crippen LogP contribution in [0.5, 0.6) is 0 Å². The molecule has 1 atom stereocenters. The van der Waals surface area contributed by atoms with Crippen molar-refractivity contribution in [2.24, 2.45) is 0 Å². The molecule has 1 fully saturated rings. The van der Waals surface area contributed by atoms with Crippen molar-refractivity contribution in [2.75, 3.05) is 18.4 Å². The fraction of sp³-hybridized carbons (Fsp3) is 0.348. The Kier molecular flexibility index (Phi) is 8.05. The predicted molar refractivity (Wildman–Crippen MR) is 122 cm³/mol. The van der Waals surface area contributed by atoms with E-state index in [1.807, 2.05) is 6.92 Å². The summed E-state index contributed by atoms with van der Waals surface area (Å²) in [5, 5.41) is 14.7. The lowest BCUT2D eigenvalue weighted by Gasteiger charge is -2.35. The molecule has 2 heterocycles. The van der Waals surface area contributed by atoms with Crippen LogP contribution in [-0.4, -0.2) is 58.9 Å². The molecule has 0 spiro atoms. The molecule has 1 aliphatic heterocycles. The SMILES string of the molecule is Cc1ccnc(C(=O)NCC2CCCCN2C(=O)Nc2ccc(C(=N)NC(=O)C(F)(F)F)cc2)c1. The van der Waals surface area contributed by atoms with E-state index in [0.717, 1.165) is 18.4 Å². The molecule has 186 valence electrons. The second-order valence-electron chi connectivity index (χ2n) is 8.11. The summed E-state index contributed by atoms with van der Waals surface area (Å²) >= 11 is 0. The van der Waals surface area contributed by atoms with Gasteiger partial charge in [0.25, 0.3) is 5.91 Å². The van der Waals surface area contributed by atoms with Gasteiger partial charge in [0.1, 0.15) is 11.5 Å². The molecule has 2 aromatic rings. The molecule has 0 bridgehead atoms. The minimum absolute atomic E-state index is 0.0453. The van der Waals surface area contributed by atoms with Gasteiger partial charge in [-0.15, -0.1) is 0 Å². The molecule has 1 unspecified atom stereocenters. The zero-order valence-corrected chi connectivity index (χ0v) is 18.9. The number of anilines is 1. The van der Waals surface area contributed by atoms with E-state index in [-0.39, 0.29) is 30.1 Å². The summed E-state index contributed by atoms with van der Waals surface area (Å²) in [6.45, 7) is 2.62. The number of aryl methyl sites for hydroxylation is 1. The van der Waals surface area contributed by atoms with E-state index in [0.29, 0.717) is 24.3 Å². The average Bonchev–Trinajstić information content (AvgIpc) is 2.82. The van der Waals surface area contributed by atoms with E-state index in [9.17, 15) is 27.6 Å². The van der Waals surface area contributed by atoms with Gasteiger partial charge in [-0.25, -0.2) is 4.79 Å². The molecular weight excluding hydrogens is 465 g/mol. The number of amides is 4. The Bertz CT molecular complexity index is 1100. The monoisotopic (exact) mass is 490 g/mol. The number of benzene rings is 1. The quantitative estimate of drug-likeness (QED) is 0.379. The molecule has 3 rings (SSSR count). The minimum atomic E-state index is -5.10. The van der Waals surface area contributed by atoms with Crippen LogP contribution in [0.25, 0.3) is 0 Å². The van der Waals surface area contributed by atoms with Crippen LogP contribution >= 0.6 is 0 Å². The van der Waals surface area contributed by atoms with Crippen LogP contribution in [0, 0.1) is 12.3 Å². The van der Waals surface area contributed by atoms with Crippen LogP contribution < -0.4 is 16.0 Å². The molecule has 1 aliphatic rings. The van der Waals surface area contributed by atoms with Gasteiger partial charge in [-0.05, 0) is 68.1 Å². The van der Waals surface area contributed by atoms with Crippen molar-refractivity contribution in [1.29, 1.82) is 5.41 Å². The maximum absolute atomic E-state index is 12.9. The number of nitrogens with zero attached hydrogens (tertiary/aromatic N) is 2. The number of pyridine rings is 1. The topological polar surface area (TPSA) is 127 Å². The third-order valence-corrected chi connectivity index (χ3v) is 5.46. The Hall–Kier alpha value is -3.96. The second kappa shape index (κ2) is 11.0. The lowest BCUT2D eigenvalue weighted by atomic mass is 10.0. The molecule has 1 saturated heterocycles. The number of nitrogens with one attached hydrogen (secondary N) is 4. The number of alkyl halides is 3. The first-order chi connectivity index (χ1) is 16.5. The number of likely N-dealkylation sites (tertiary alicyclic amines) is 1. The third kappa shape index (κ3) is 7.01. The number of hydrogen-bond donors (Lipinski definition) is 4. The summed E-state index contributed by atoms with van der Waals surface area (Å²) < 4.78 is 37.1. The number of carbonyl (C=O) groups is 3. The molecule has 0 aliphatic carbocycles. The van der Waals surface area contributed by atoms with Gasteiger partial charge in [0.15, 0.2) is 0 Å². The standard InChI is InChI=1S/C23H25F3N6O3/c1-14-9-10-28-18(12-14)20(33)29-13-17-4-2-3-11-32(17)22(35)30-16-7-5-15(6-8-16)19(27)31-21(34)23(24,25)26/h5-10,12,17H,2-4,11,13H2,1H3,(H,29,33)(H,30,35)(H2,27,31,34). The molecule has 4 amide bonds. The van der Waals surface area contributed by atoms with E-state index in [1.165, 1.54) is 29.6 Å². The van der Waals surface area contributed by atoms with Gasteiger partial charge in [0.05, 0.1) is 6.04 Å². The number of carbonyl (C=O) groups excluding carboxylic acids is 3. The Morgan fingerprint density at radius 2 is 1.86 bits per heavy atom. The van der Waals surface area contributed by atoms with Crippen LogP contribution in [0.1, 0.15) is 40.9 Å². The number of halogens is 3. The Balaban J connectivity index is 1.57. The molecule has 4 N–H and O–H groups in total. The maximum atomic E-state index is 12.9. The molecule has 12 heteroatoms. The van der Waals surface area contributed by atoms with E-state index >= 15 is 0 Å². The van der Waals surface area contributed by atoms with Gasteiger partial charge in [-0.2, -0.15) is 13.2 Å². The fourth-order valence-corrected chi connectivity index (χ4v) is 3.61. The van der Waals surface area contributed by atoms with E-state index in [4.69, 9.17) is 5.41 Å². The van der Waals surface area contributed by atoms with Crippen LogP contribution in [-0.2, 0) is 4.79 Å². The summed E-state index contributed by atoms with van der Waals surface area (Å²) in [6.07, 6.45) is -1.10. The van der Waals surface area contributed by atoms with Gasteiger partial charge in [-0.1, -0.05) is 0 Å². The van der Waals surface area contributed by atoms with Gasteiger partial charge in [0.2, 0.25) is 0 Å². The average molecular weight is 490 g/mol. The summed E-state index contributed by atoms with van der Waals surface area (Å²) in [5.41, 5.74) is 1.62. The van der Waals surface area contributed by atoms with E-state index < -0.39 is 17.9 Å². The molecule has 1 aromatic carbocycles. The lowest BCUT2D eigenvalue weighted by Crippen LogP contribution is -2.50. The van der Waals surface area contributed by atoms with Crippen LogP contribution in [0.4, 0.5) is 23.7 Å². The summed E-state index contributed by atoms with van der Waals surface area (Å²) in [6, 6.07) is 8.34. The van der Waals surface area contributed by atoms with E-state index in [2.05, 4.69) is 15.6 Å². The van der Waals surface area contributed by atoms with Gasteiger partial charge in [-0.3, -0.25) is 20.0 Å². The predicted octanol–water partition coefficient (Wildman–Crippen LogP) is 3.21. The minimum Gasteiger partial charge on any atom is -0.349 e. The highest BCUT2D eigenvalue weighted by molar-refractivity contribution is 6.07. The van der Waals surface area contributed by atoms with Crippen molar-refractivity contribution in [3.8, 4) is 0 Å². The highest BCUT2D eigenvalue weighted by Gasteiger charge is 2.39. The number of hydrogen-bond acceptors (Lipinski definition) is 5. The molecule has 35 heavy (non-hydrogen) atoms. The molecule has 0 radical (unpaired) electrons. The first-order valence-electron chi connectivity index (χ1n) is 10.9. The normalized spacial score (nSPS) is 15.8. The number of aromatic nitrogens is 1. The molecule has 0 saturated carbocycles. The Morgan fingerprint density at radius 3 is 2.51 bits per heavy atom. The van der Waals surface area contributed by atoms with Crippen LogP contribution in [0.15, 0.2) is 42.6 Å². The lowest BCUT2D eigenvalue weighted by molar-refractivity contribution is -0.171. The Morgan fingerprint density at radius 1 is 1.14 bits per heavy atom. The smallest absolute Gasteiger partial charge is 0.349 e. The van der Waals surface area contributed by atoms with Gasteiger partial charge in [0, 0.05) is 30.5 Å². The van der Waals surface area contributed by atoms with Crippen molar-refractivity contribution in [1.82, 2.24) is 20.5 Å². The molecule has 1 aromatic heterocycles. The number of piperidine rings is 1. The summed E-state index contributed by atoms with van der Waals surface area (Å²) in [4.78, 5) is 42.0. The number of amidine groups is 1. The number of urea groups is 1. The van der Waals surface area contributed by atoms with E-state index in [1.54, 1.807) is 23.2 Å². The summed E-state index contributed by atoms with van der Waals surface area (Å²) in [7, 11) is 0. The number of rotatable bonds is 5. The fourth-order valence-electron chi connectivity index (χ4n) is 3.61. The largest absolute Gasteiger partial charge is 0.471 e.